The number of carbonyl (C=O) groups is 1. The molecule has 0 bridgehead atoms. The summed E-state index contributed by atoms with van der Waals surface area (Å²) in [5.41, 5.74) is 5.28. The zero-order valence-electron chi connectivity index (χ0n) is 15.6. The zero-order chi connectivity index (χ0) is 19.7. The number of hydrogen-bond donors (Lipinski definition) is 0. The highest BCUT2D eigenvalue weighted by Gasteiger charge is 2.18. The van der Waals surface area contributed by atoms with Crippen molar-refractivity contribution < 1.29 is 9.21 Å². The number of nitrogens with zero attached hydrogens (tertiary/aromatic N) is 2. The standard InChI is InChI=1S/C22H19ClN2O2S/c1-14-11-17(15(2)25(14)12-16-7-3-4-8-18(16)23)20(26)13-28-22-24-19-9-5-6-10-21(19)27-22/h3-11H,12-13H2,1-2H3. The second-order valence-corrected chi connectivity index (χ2v) is 7.96. The zero-order valence-corrected chi connectivity index (χ0v) is 17.2. The summed E-state index contributed by atoms with van der Waals surface area (Å²) in [4.78, 5) is 17.2. The predicted octanol–water partition coefficient (Wildman–Crippen LogP) is 5.92. The Hall–Kier alpha value is -2.50. The first-order chi connectivity index (χ1) is 13.5. The van der Waals surface area contributed by atoms with Gasteiger partial charge in [-0.1, -0.05) is 53.7 Å². The fraction of sp³-hybridized carbons (Fsp3) is 0.182. The molecule has 2 aromatic heterocycles. The number of aromatic nitrogens is 2. The quantitative estimate of drug-likeness (QED) is 0.292. The van der Waals surface area contributed by atoms with E-state index < -0.39 is 0 Å². The summed E-state index contributed by atoms with van der Waals surface area (Å²) in [6.07, 6.45) is 0. The SMILES string of the molecule is Cc1cc(C(=O)CSc2nc3ccccc3o2)c(C)n1Cc1ccccc1Cl. The van der Waals surface area contributed by atoms with Crippen LogP contribution in [0.2, 0.25) is 5.02 Å². The number of hydrogen-bond acceptors (Lipinski definition) is 4. The second kappa shape index (κ2) is 7.86. The van der Waals surface area contributed by atoms with Crippen LogP contribution in [0.1, 0.15) is 27.3 Å². The van der Waals surface area contributed by atoms with E-state index in [-0.39, 0.29) is 11.5 Å². The molecule has 0 aliphatic carbocycles. The molecule has 0 aliphatic rings. The van der Waals surface area contributed by atoms with Crippen molar-refractivity contribution in [1.29, 1.82) is 0 Å². The van der Waals surface area contributed by atoms with E-state index in [1.54, 1.807) is 0 Å². The van der Waals surface area contributed by atoms with Gasteiger partial charge in [-0.05, 0) is 43.7 Å². The molecule has 0 radical (unpaired) electrons. The molecule has 0 amide bonds. The summed E-state index contributed by atoms with van der Waals surface area (Å²) in [7, 11) is 0. The van der Waals surface area contributed by atoms with E-state index in [0.717, 1.165) is 38.6 Å². The van der Waals surface area contributed by atoms with Crippen LogP contribution in [0.25, 0.3) is 11.1 Å². The molecule has 4 aromatic rings. The summed E-state index contributed by atoms with van der Waals surface area (Å²) < 4.78 is 7.81. The van der Waals surface area contributed by atoms with Gasteiger partial charge in [-0.25, -0.2) is 4.98 Å². The minimum atomic E-state index is 0.0609. The van der Waals surface area contributed by atoms with Crippen LogP contribution in [0.4, 0.5) is 0 Å². The third kappa shape index (κ3) is 3.73. The van der Waals surface area contributed by atoms with Gasteiger partial charge < -0.3 is 8.98 Å². The summed E-state index contributed by atoms with van der Waals surface area (Å²) >= 11 is 7.62. The predicted molar refractivity (Wildman–Crippen MR) is 114 cm³/mol. The fourth-order valence-corrected chi connectivity index (χ4v) is 4.16. The number of ketones is 1. The minimum Gasteiger partial charge on any atom is -0.431 e. The van der Waals surface area contributed by atoms with E-state index in [0.29, 0.717) is 11.8 Å². The number of halogens is 1. The van der Waals surface area contributed by atoms with E-state index in [4.69, 9.17) is 16.0 Å². The number of Topliss-reactive ketones (excluding diaryl/α,β-unsaturated/α-hetero) is 1. The van der Waals surface area contributed by atoms with Gasteiger partial charge >= 0.3 is 0 Å². The summed E-state index contributed by atoms with van der Waals surface area (Å²) in [6, 6.07) is 17.3. The Morgan fingerprint density at radius 1 is 1.14 bits per heavy atom. The molecular formula is C22H19ClN2O2S. The summed E-state index contributed by atoms with van der Waals surface area (Å²) in [5.74, 6) is 0.342. The highest BCUT2D eigenvalue weighted by atomic mass is 35.5. The highest BCUT2D eigenvalue weighted by molar-refractivity contribution is 7.99. The molecule has 0 saturated heterocycles. The van der Waals surface area contributed by atoms with Crippen molar-refractivity contribution in [2.75, 3.05) is 5.75 Å². The number of rotatable bonds is 6. The minimum absolute atomic E-state index is 0.0609. The number of thioether (sulfide) groups is 1. The van der Waals surface area contributed by atoms with Crippen LogP contribution in [0.3, 0.4) is 0 Å². The number of para-hydroxylation sites is 2. The number of carbonyl (C=O) groups excluding carboxylic acids is 1. The Balaban J connectivity index is 1.50. The smallest absolute Gasteiger partial charge is 0.257 e. The van der Waals surface area contributed by atoms with E-state index in [1.165, 1.54) is 11.8 Å². The van der Waals surface area contributed by atoms with Crippen molar-refractivity contribution in [2.24, 2.45) is 0 Å². The summed E-state index contributed by atoms with van der Waals surface area (Å²) in [5, 5.41) is 1.24. The van der Waals surface area contributed by atoms with Crippen LogP contribution < -0.4 is 0 Å². The first-order valence-electron chi connectivity index (χ1n) is 8.94. The fourth-order valence-electron chi connectivity index (χ4n) is 3.24. The maximum atomic E-state index is 12.8. The van der Waals surface area contributed by atoms with Crippen LogP contribution in [0.15, 0.2) is 64.2 Å². The van der Waals surface area contributed by atoms with E-state index >= 15 is 0 Å². The Kier molecular flexibility index (Phi) is 5.29. The summed E-state index contributed by atoms with van der Waals surface area (Å²) in [6.45, 7) is 4.62. The number of aryl methyl sites for hydroxylation is 1. The number of oxazole rings is 1. The molecule has 0 unspecified atom stereocenters. The molecule has 2 heterocycles. The molecule has 2 aromatic carbocycles. The first kappa shape index (κ1) is 18.8. The Labute approximate surface area is 172 Å². The normalized spacial score (nSPS) is 11.2. The second-order valence-electron chi connectivity index (χ2n) is 6.62. The van der Waals surface area contributed by atoms with Gasteiger partial charge in [0.05, 0.1) is 5.75 Å². The third-order valence-electron chi connectivity index (χ3n) is 4.76. The van der Waals surface area contributed by atoms with Crippen molar-refractivity contribution in [3.8, 4) is 0 Å². The largest absolute Gasteiger partial charge is 0.431 e. The van der Waals surface area contributed by atoms with Crippen molar-refractivity contribution in [1.82, 2.24) is 9.55 Å². The van der Waals surface area contributed by atoms with Gasteiger partial charge in [0.1, 0.15) is 5.52 Å². The molecule has 0 fully saturated rings. The Morgan fingerprint density at radius 2 is 1.89 bits per heavy atom. The van der Waals surface area contributed by atoms with Gasteiger partial charge in [0.2, 0.25) is 0 Å². The topological polar surface area (TPSA) is 48.0 Å². The van der Waals surface area contributed by atoms with Gasteiger partial charge in [0, 0.05) is 28.5 Å². The van der Waals surface area contributed by atoms with Crippen molar-refractivity contribution in [3.63, 3.8) is 0 Å². The molecule has 142 valence electrons. The molecule has 4 nitrogen and oxygen atoms in total. The molecule has 4 rings (SSSR count). The highest BCUT2D eigenvalue weighted by Crippen LogP contribution is 2.26. The average molecular weight is 411 g/mol. The van der Waals surface area contributed by atoms with E-state index in [2.05, 4.69) is 9.55 Å². The van der Waals surface area contributed by atoms with Crippen LogP contribution >= 0.6 is 23.4 Å². The molecule has 28 heavy (non-hydrogen) atoms. The van der Waals surface area contributed by atoms with E-state index in [9.17, 15) is 4.79 Å². The molecule has 0 spiro atoms. The van der Waals surface area contributed by atoms with E-state index in [1.807, 2.05) is 68.4 Å². The van der Waals surface area contributed by atoms with Crippen molar-refractivity contribution in [2.45, 2.75) is 25.6 Å². The first-order valence-corrected chi connectivity index (χ1v) is 10.3. The molecule has 0 atom stereocenters. The van der Waals surface area contributed by atoms with Gasteiger partial charge in [-0.3, -0.25) is 4.79 Å². The van der Waals surface area contributed by atoms with Crippen LogP contribution in [-0.4, -0.2) is 21.1 Å². The Morgan fingerprint density at radius 3 is 2.68 bits per heavy atom. The molecule has 0 saturated carbocycles. The maximum Gasteiger partial charge on any atom is 0.257 e. The lowest BCUT2D eigenvalue weighted by Gasteiger charge is -2.11. The molecule has 6 heteroatoms. The van der Waals surface area contributed by atoms with Crippen LogP contribution in [-0.2, 0) is 6.54 Å². The lowest BCUT2D eigenvalue weighted by atomic mass is 10.2. The lowest BCUT2D eigenvalue weighted by molar-refractivity contribution is 0.102. The molecule has 0 aliphatic heterocycles. The third-order valence-corrected chi connectivity index (χ3v) is 5.96. The number of benzene rings is 2. The number of fused-ring (bicyclic) bond motifs is 1. The van der Waals surface area contributed by atoms with Gasteiger partial charge in [-0.15, -0.1) is 0 Å². The van der Waals surface area contributed by atoms with Gasteiger partial charge in [0.25, 0.3) is 5.22 Å². The lowest BCUT2D eigenvalue weighted by Crippen LogP contribution is -2.08. The maximum absolute atomic E-state index is 12.8. The molecule has 0 N–H and O–H groups in total. The van der Waals surface area contributed by atoms with Crippen LogP contribution in [0.5, 0.6) is 0 Å². The van der Waals surface area contributed by atoms with Crippen molar-refractivity contribution >= 4 is 40.2 Å². The monoisotopic (exact) mass is 410 g/mol. The Bertz CT molecular complexity index is 1130. The van der Waals surface area contributed by atoms with Gasteiger partial charge in [-0.2, -0.15) is 0 Å². The molecular weight excluding hydrogens is 392 g/mol. The average Bonchev–Trinajstić information content (AvgIpc) is 3.23. The van der Waals surface area contributed by atoms with Gasteiger partial charge in [0.15, 0.2) is 11.4 Å². The van der Waals surface area contributed by atoms with Crippen LogP contribution in [0, 0.1) is 13.8 Å². The van der Waals surface area contributed by atoms with Crippen molar-refractivity contribution in [3.05, 3.63) is 82.1 Å².